The molecule has 0 unspecified atom stereocenters. The molecule has 7 nitrogen and oxygen atoms in total. The molecule has 4 rings (SSSR count). The summed E-state index contributed by atoms with van der Waals surface area (Å²) in [5.41, 5.74) is 4.07. The third-order valence-corrected chi connectivity index (χ3v) is 5.29. The van der Waals surface area contributed by atoms with Gasteiger partial charge in [-0.2, -0.15) is 23.4 Å². The van der Waals surface area contributed by atoms with Crippen LogP contribution in [0.1, 0.15) is 11.3 Å². The fourth-order valence-corrected chi connectivity index (χ4v) is 3.76. The molecule has 0 aliphatic carbocycles. The number of carboxylic acids is 1. The molecule has 3 aromatic heterocycles. The van der Waals surface area contributed by atoms with Gasteiger partial charge < -0.3 is 9.84 Å². The average molecular weight is 472 g/mol. The molecule has 0 amide bonds. The highest BCUT2D eigenvalue weighted by molar-refractivity contribution is 7.17. The topological polar surface area (TPSA) is 89.6 Å². The summed E-state index contributed by atoms with van der Waals surface area (Å²) in [5.74, 6) is -1.61. The quantitative estimate of drug-likeness (QED) is 0.350. The van der Waals surface area contributed by atoms with E-state index in [2.05, 4.69) is 20.0 Å². The number of hydrogen-bond acceptors (Lipinski definition) is 6. The lowest BCUT2D eigenvalue weighted by molar-refractivity contribution is -0.192. The van der Waals surface area contributed by atoms with E-state index in [0.717, 1.165) is 32.5 Å². The van der Waals surface area contributed by atoms with Crippen molar-refractivity contribution in [1.29, 1.82) is 0 Å². The molecule has 0 bridgehead atoms. The summed E-state index contributed by atoms with van der Waals surface area (Å²) in [7, 11) is 0. The zero-order chi connectivity index (χ0) is 24.2. The SMILES string of the molecule is O=C(O)C(F)(F)F.[C-]#[N+]c1cc(Oc2nccc3ccsc23)ccc1-c1c(C)cnnc1C. The second kappa shape index (κ2) is 9.62. The minimum absolute atomic E-state index is 0.514. The van der Waals surface area contributed by atoms with Gasteiger partial charge in [0.1, 0.15) is 5.75 Å². The van der Waals surface area contributed by atoms with Crippen LogP contribution in [-0.4, -0.2) is 32.4 Å². The predicted octanol–water partition coefficient (Wildman–Crippen LogP) is 6.35. The summed E-state index contributed by atoms with van der Waals surface area (Å²) in [6.07, 6.45) is -1.65. The highest BCUT2D eigenvalue weighted by atomic mass is 32.1. The number of halogens is 3. The summed E-state index contributed by atoms with van der Waals surface area (Å²) >= 11 is 1.58. The number of hydrogen-bond donors (Lipinski definition) is 1. The number of benzene rings is 1. The van der Waals surface area contributed by atoms with Gasteiger partial charge in [0.2, 0.25) is 5.88 Å². The Morgan fingerprint density at radius 2 is 1.94 bits per heavy atom. The van der Waals surface area contributed by atoms with Crippen LogP contribution in [0.2, 0.25) is 0 Å². The number of fused-ring (bicyclic) bond motifs is 1. The van der Waals surface area contributed by atoms with Gasteiger partial charge in [0.05, 0.1) is 23.2 Å². The molecule has 11 heteroatoms. The molecule has 1 N–H and O–H groups in total. The first-order valence-corrected chi connectivity index (χ1v) is 10.1. The minimum atomic E-state index is -5.08. The second-order valence-electron chi connectivity index (χ2n) is 6.64. The lowest BCUT2D eigenvalue weighted by Crippen LogP contribution is -2.21. The van der Waals surface area contributed by atoms with Crippen molar-refractivity contribution in [3.63, 3.8) is 0 Å². The van der Waals surface area contributed by atoms with Gasteiger partial charge in [0, 0.05) is 6.20 Å². The standard InChI is InChI=1S/C20H14N4OS.C2HF3O2/c1-12-11-23-24-13(2)18(12)16-5-4-15(10-17(16)21-3)25-20-19-14(6-8-22-20)7-9-26-19;3-2(4,5)1(6)7/h4-11H,1-2H3;(H,6,7). The Hall–Kier alpha value is -4.04. The lowest BCUT2D eigenvalue weighted by atomic mass is 9.99. The van der Waals surface area contributed by atoms with Gasteiger partial charge in [-0.3, -0.25) is 0 Å². The number of rotatable bonds is 3. The van der Waals surface area contributed by atoms with Crippen molar-refractivity contribution < 1.29 is 27.8 Å². The summed E-state index contributed by atoms with van der Waals surface area (Å²) in [6, 6.07) is 9.49. The van der Waals surface area contributed by atoms with E-state index in [9.17, 15) is 13.2 Å². The molecular weight excluding hydrogens is 457 g/mol. The summed E-state index contributed by atoms with van der Waals surface area (Å²) < 4.78 is 38.7. The number of carbonyl (C=O) groups is 1. The molecule has 0 saturated carbocycles. The molecule has 4 aromatic rings. The van der Waals surface area contributed by atoms with E-state index >= 15 is 0 Å². The number of carboxylic acid groups (broad SMARTS) is 1. The van der Waals surface area contributed by atoms with E-state index in [1.54, 1.807) is 29.8 Å². The molecule has 0 atom stereocenters. The molecule has 0 spiro atoms. The molecule has 3 heterocycles. The van der Waals surface area contributed by atoms with E-state index in [4.69, 9.17) is 21.2 Å². The zero-order valence-corrected chi connectivity index (χ0v) is 18.0. The molecule has 0 fully saturated rings. The number of alkyl halides is 3. The monoisotopic (exact) mass is 472 g/mol. The highest BCUT2D eigenvalue weighted by Gasteiger charge is 2.38. The normalized spacial score (nSPS) is 10.8. The molecule has 0 saturated heterocycles. The maximum Gasteiger partial charge on any atom is 0.490 e. The number of aryl methyl sites for hydroxylation is 2. The van der Waals surface area contributed by atoms with Crippen LogP contribution in [0.15, 0.2) is 48.1 Å². The van der Waals surface area contributed by atoms with Crippen LogP contribution in [0.4, 0.5) is 18.9 Å². The third-order valence-electron chi connectivity index (χ3n) is 4.37. The number of nitrogens with zero attached hydrogens (tertiary/aromatic N) is 4. The van der Waals surface area contributed by atoms with Crippen LogP contribution in [0.25, 0.3) is 26.1 Å². The largest absolute Gasteiger partial charge is 0.490 e. The molecule has 0 aliphatic rings. The smallest absolute Gasteiger partial charge is 0.475 e. The van der Waals surface area contributed by atoms with E-state index in [0.29, 0.717) is 17.3 Å². The van der Waals surface area contributed by atoms with Crippen LogP contribution in [0.3, 0.4) is 0 Å². The maximum absolute atomic E-state index is 10.6. The van der Waals surface area contributed by atoms with Gasteiger partial charge in [-0.25, -0.2) is 14.6 Å². The fraction of sp³-hybridized carbons (Fsp3) is 0.136. The van der Waals surface area contributed by atoms with Gasteiger partial charge in [0.15, 0.2) is 5.69 Å². The first-order valence-electron chi connectivity index (χ1n) is 9.22. The summed E-state index contributed by atoms with van der Waals surface area (Å²) in [5, 5.41) is 18.3. The van der Waals surface area contributed by atoms with E-state index in [-0.39, 0.29) is 0 Å². The summed E-state index contributed by atoms with van der Waals surface area (Å²) in [6.45, 7) is 11.4. The highest BCUT2D eigenvalue weighted by Crippen LogP contribution is 2.38. The van der Waals surface area contributed by atoms with Crippen molar-refractivity contribution in [2.45, 2.75) is 20.0 Å². The van der Waals surface area contributed by atoms with Gasteiger partial charge in [-0.05, 0) is 65.6 Å². The number of thiophene rings is 1. The van der Waals surface area contributed by atoms with Gasteiger partial charge in [-0.15, -0.1) is 11.3 Å². The Morgan fingerprint density at radius 3 is 2.58 bits per heavy atom. The van der Waals surface area contributed by atoms with Crippen LogP contribution in [0.5, 0.6) is 11.6 Å². The lowest BCUT2D eigenvalue weighted by Gasteiger charge is -2.12. The first-order chi connectivity index (χ1) is 15.6. The van der Waals surface area contributed by atoms with Crippen molar-refractivity contribution in [3.05, 3.63) is 70.8 Å². The Kier molecular flexibility index (Phi) is 6.89. The van der Waals surface area contributed by atoms with Crippen molar-refractivity contribution in [2.75, 3.05) is 0 Å². The Morgan fingerprint density at radius 1 is 1.21 bits per heavy atom. The van der Waals surface area contributed by atoms with Gasteiger partial charge >= 0.3 is 12.1 Å². The molecule has 1 aromatic carbocycles. The number of pyridine rings is 1. The van der Waals surface area contributed by atoms with Crippen molar-refractivity contribution in [3.8, 4) is 22.8 Å². The Balaban J connectivity index is 0.000000383. The fourth-order valence-electron chi connectivity index (χ4n) is 2.94. The van der Waals surface area contributed by atoms with Crippen molar-refractivity contribution >= 4 is 33.1 Å². The van der Waals surface area contributed by atoms with E-state index in [1.165, 1.54) is 0 Å². The van der Waals surface area contributed by atoms with Crippen LogP contribution in [-0.2, 0) is 4.79 Å². The van der Waals surface area contributed by atoms with Crippen molar-refractivity contribution in [1.82, 2.24) is 15.2 Å². The summed E-state index contributed by atoms with van der Waals surface area (Å²) in [4.78, 5) is 16.9. The molecule has 0 aliphatic heterocycles. The van der Waals surface area contributed by atoms with Gasteiger partial charge in [-0.1, -0.05) is 6.07 Å². The Labute approximate surface area is 189 Å². The second-order valence-corrected chi connectivity index (χ2v) is 7.55. The van der Waals surface area contributed by atoms with E-state index in [1.807, 2.05) is 43.5 Å². The minimum Gasteiger partial charge on any atom is -0.475 e. The maximum atomic E-state index is 10.6. The molecule has 33 heavy (non-hydrogen) atoms. The molecule has 0 radical (unpaired) electrons. The van der Waals surface area contributed by atoms with E-state index < -0.39 is 12.1 Å². The molecular formula is C22H15F3N4O3S. The Bertz CT molecular complexity index is 1340. The average Bonchev–Trinajstić information content (AvgIpc) is 3.24. The number of ether oxygens (including phenoxy) is 1. The zero-order valence-electron chi connectivity index (χ0n) is 17.2. The third kappa shape index (κ3) is 5.42. The number of aromatic nitrogens is 3. The van der Waals surface area contributed by atoms with Crippen LogP contribution < -0.4 is 4.74 Å². The molecule has 168 valence electrons. The van der Waals surface area contributed by atoms with Gasteiger partial charge in [0.25, 0.3) is 0 Å². The predicted molar refractivity (Wildman–Crippen MR) is 117 cm³/mol. The first kappa shape index (κ1) is 23.6. The number of aliphatic carboxylic acids is 1. The van der Waals surface area contributed by atoms with Crippen molar-refractivity contribution in [2.24, 2.45) is 0 Å². The van der Waals surface area contributed by atoms with Crippen LogP contribution in [0, 0.1) is 20.4 Å². The van der Waals surface area contributed by atoms with Crippen LogP contribution >= 0.6 is 11.3 Å².